The van der Waals surface area contributed by atoms with E-state index in [-0.39, 0.29) is 10.8 Å². The number of alkyl halides is 6. The van der Waals surface area contributed by atoms with E-state index in [1.54, 1.807) is 24.3 Å². The molecule has 1 saturated heterocycles. The van der Waals surface area contributed by atoms with Crippen LogP contribution in [0.4, 0.5) is 36.8 Å². The van der Waals surface area contributed by atoms with Gasteiger partial charge in [-0.25, -0.2) is 14.5 Å². The summed E-state index contributed by atoms with van der Waals surface area (Å²) in [6, 6.07) is 8.43. The van der Waals surface area contributed by atoms with E-state index in [1.807, 2.05) is 0 Å². The van der Waals surface area contributed by atoms with Crippen molar-refractivity contribution >= 4 is 34.5 Å². The number of benzene rings is 2. The number of aromatic nitrogens is 1. The van der Waals surface area contributed by atoms with Gasteiger partial charge in [0.1, 0.15) is 5.75 Å². The maximum Gasteiger partial charge on any atom is 0.573 e. The zero-order valence-corrected chi connectivity index (χ0v) is 19.5. The van der Waals surface area contributed by atoms with Crippen LogP contribution in [0.2, 0.25) is 0 Å². The molecule has 2 aromatic carbocycles. The van der Waals surface area contributed by atoms with Crippen LogP contribution in [0.1, 0.15) is 19.4 Å². The molecule has 200 valence electrons. The number of anilines is 1. The molecule has 4 rings (SSSR count). The number of urea groups is 1. The number of para-hydroxylation sites is 1. The molecule has 8 nitrogen and oxygen atoms in total. The van der Waals surface area contributed by atoms with E-state index in [2.05, 4.69) is 14.6 Å². The number of halogens is 6. The minimum atomic E-state index is -5.49. The predicted octanol–water partition coefficient (Wildman–Crippen LogP) is 5.27. The molecular formula is C24H17F6N3O5. The van der Waals surface area contributed by atoms with Crippen molar-refractivity contribution in [3.8, 4) is 5.75 Å². The molecule has 0 aliphatic carbocycles. The first-order valence-electron chi connectivity index (χ1n) is 10.8. The Hall–Kier alpha value is -4.36. The zero-order chi connectivity index (χ0) is 28.0. The monoisotopic (exact) mass is 541 g/mol. The lowest BCUT2D eigenvalue weighted by atomic mass is 9.76. The summed E-state index contributed by atoms with van der Waals surface area (Å²) in [4.78, 5) is 47.5. The van der Waals surface area contributed by atoms with Crippen molar-refractivity contribution in [2.45, 2.75) is 37.8 Å². The third-order valence-electron chi connectivity index (χ3n) is 5.84. The molecule has 0 saturated carbocycles. The van der Waals surface area contributed by atoms with Crippen LogP contribution in [0.25, 0.3) is 10.9 Å². The minimum absolute atomic E-state index is 0.0352. The van der Waals surface area contributed by atoms with Crippen LogP contribution in [0.3, 0.4) is 0 Å². The van der Waals surface area contributed by atoms with E-state index in [9.17, 15) is 40.7 Å². The van der Waals surface area contributed by atoms with Gasteiger partial charge in [-0.05, 0) is 42.0 Å². The van der Waals surface area contributed by atoms with E-state index in [0.717, 1.165) is 24.3 Å². The second-order valence-electron chi connectivity index (χ2n) is 8.70. The standard InChI is InChI=1S/C24H17F6N3O5/c1-22(2,16-11-12-31-17-6-4-3-5-15(16)17)18-19(34)32(21(36)33(18)38-20(35)23(25,26)27)13-7-9-14(10-8-13)37-24(28,29)30/h3-12,18H,1-2H3. The Balaban J connectivity index is 1.79. The number of imide groups is 1. The van der Waals surface area contributed by atoms with Gasteiger partial charge in [-0.3, -0.25) is 9.78 Å². The highest BCUT2D eigenvalue weighted by Gasteiger charge is 2.57. The molecule has 0 radical (unpaired) electrons. The van der Waals surface area contributed by atoms with Gasteiger partial charge in [-0.15, -0.1) is 18.2 Å². The molecule has 0 N–H and O–H groups in total. The number of hydrogen-bond acceptors (Lipinski definition) is 6. The Morgan fingerprint density at radius 3 is 2.16 bits per heavy atom. The first-order valence-corrected chi connectivity index (χ1v) is 10.8. The molecule has 1 aromatic heterocycles. The average Bonchev–Trinajstić information content (AvgIpc) is 3.07. The van der Waals surface area contributed by atoms with Crippen molar-refractivity contribution in [2.24, 2.45) is 0 Å². The van der Waals surface area contributed by atoms with Crippen LogP contribution in [0.15, 0.2) is 60.8 Å². The number of hydrogen-bond donors (Lipinski definition) is 0. The number of pyridine rings is 1. The second-order valence-corrected chi connectivity index (χ2v) is 8.70. The molecule has 3 amide bonds. The van der Waals surface area contributed by atoms with Crippen LogP contribution in [-0.4, -0.2) is 46.5 Å². The normalized spacial score (nSPS) is 16.8. The van der Waals surface area contributed by atoms with Gasteiger partial charge >= 0.3 is 24.5 Å². The molecule has 1 aliphatic rings. The number of amides is 3. The van der Waals surface area contributed by atoms with Crippen LogP contribution < -0.4 is 9.64 Å². The van der Waals surface area contributed by atoms with Gasteiger partial charge in [-0.1, -0.05) is 32.0 Å². The highest BCUT2D eigenvalue weighted by molar-refractivity contribution is 6.21. The zero-order valence-electron chi connectivity index (χ0n) is 19.5. The first kappa shape index (κ1) is 26.7. The predicted molar refractivity (Wildman–Crippen MR) is 119 cm³/mol. The fraction of sp³-hybridized carbons (Fsp3) is 0.250. The van der Waals surface area contributed by atoms with Crippen molar-refractivity contribution in [3.05, 3.63) is 66.4 Å². The van der Waals surface area contributed by atoms with Gasteiger partial charge in [0, 0.05) is 17.0 Å². The summed E-state index contributed by atoms with van der Waals surface area (Å²) in [6.45, 7) is 2.92. The number of hydroxylamine groups is 2. The third kappa shape index (κ3) is 4.93. The van der Waals surface area contributed by atoms with Gasteiger partial charge < -0.3 is 9.57 Å². The molecule has 14 heteroatoms. The molecule has 3 aromatic rings. The number of carbonyl (C=O) groups excluding carboxylic acids is 3. The second kappa shape index (κ2) is 9.19. The third-order valence-corrected chi connectivity index (χ3v) is 5.84. The average molecular weight is 541 g/mol. The lowest BCUT2D eigenvalue weighted by molar-refractivity contribution is -0.274. The van der Waals surface area contributed by atoms with Crippen LogP contribution in [-0.2, 0) is 19.8 Å². The minimum Gasteiger partial charge on any atom is -0.406 e. The number of fused-ring (bicyclic) bond motifs is 1. The Kier molecular flexibility index (Phi) is 6.45. The van der Waals surface area contributed by atoms with Gasteiger partial charge in [0.25, 0.3) is 5.91 Å². The highest BCUT2D eigenvalue weighted by Crippen LogP contribution is 2.41. The van der Waals surface area contributed by atoms with Crippen LogP contribution >= 0.6 is 0 Å². The number of rotatable bonds is 5. The van der Waals surface area contributed by atoms with Crippen LogP contribution in [0.5, 0.6) is 5.75 Å². The summed E-state index contributed by atoms with van der Waals surface area (Å²) in [5.74, 6) is -4.49. The number of nitrogens with zero attached hydrogens (tertiary/aromatic N) is 3. The van der Waals surface area contributed by atoms with Gasteiger partial charge in [-0.2, -0.15) is 13.2 Å². The van der Waals surface area contributed by atoms with E-state index < -0.39 is 47.7 Å². The lowest BCUT2D eigenvalue weighted by Crippen LogP contribution is -2.50. The van der Waals surface area contributed by atoms with Gasteiger partial charge in [0.15, 0.2) is 6.04 Å². The van der Waals surface area contributed by atoms with Crippen molar-refractivity contribution in [2.75, 3.05) is 4.90 Å². The molecule has 1 unspecified atom stereocenters. The topological polar surface area (TPSA) is 89.0 Å². The Morgan fingerprint density at radius 1 is 0.921 bits per heavy atom. The Morgan fingerprint density at radius 2 is 1.55 bits per heavy atom. The summed E-state index contributed by atoms with van der Waals surface area (Å²) in [5, 5.41) is 0.558. The van der Waals surface area contributed by atoms with Crippen LogP contribution in [0, 0.1) is 0 Å². The summed E-state index contributed by atoms with van der Waals surface area (Å²) in [7, 11) is 0. The summed E-state index contributed by atoms with van der Waals surface area (Å²) in [5.41, 5.74) is -0.862. The van der Waals surface area contributed by atoms with E-state index in [1.165, 1.54) is 26.1 Å². The molecule has 1 atom stereocenters. The van der Waals surface area contributed by atoms with Gasteiger partial charge in [0.05, 0.1) is 11.2 Å². The van der Waals surface area contributed by atoms with Crippen molar-refractivity contribution in [3.63, 3.8) is 0 Å². The number of ether oxygens (including phenoxy) is 1. The van der Waals surface area contributed by atoms with E-state index >= 15 is 0 Å². The first-order chi connectivity index (χ1) is 17.6. The molecule has 0 bridgehead atoms. The maximum absolute atomic E-state index is 13.6. The smallest absolute Gasteiger partial charge is 0.406 e. The largest absolute Gasteiger partial charge is 0.573 e. The highest BCUT2D eigenvalue weighted by atomic mass is 19.4. The lowest BCUT2D eigenvalue weighted by Gasteiger charge is -2.34. The SMILES string of the molecule is CC(C)(c1ccnc2ccccc12)C1C(=O)N(c2ccc(OC(F)(F)F)cc2)C(=O)N1OC(=O)C(F)(F)F. The summed E-state index contributed by atoms with van der Waals surface area (Å²) in [6.07, 6.45) is -9.10. The molecule has 0 spiro atoms. The fourth-order valence-electron chi connectivity index (χ4n) is 4.20. The van der Waals surface area contributed by atoms with Crippen molar-refractivity contribution < 1.29 is 50.3 Å². The molecule has 1 aliphatic heterocycles. The molecular weight excluding hydrogens is 524 g/mol. The summed E-state index contributed by atoms with van der Waals surface area (Å²) < 4.78 is 80.4. The Bertz CT molecular complexity index is 1400. The van der Waals surface area contributed by atoms with Crippen molar-refractivity contribution in [1.29, 1.82) is 0 Å². The fourth-order valence-corrected chi connectivity index (χ4v) is 4.20. The van der Waals surface area contributed by atoms with E-state index in [4.69, 9.17) is 0 Å². The van der Waals surface area contributed by atoms with Gasteiger partial charge in [0.2, 0.25) is 0 Å². The quantitative estimate of drug-likeness (QED) is 0.323. The number of carbonyl (C=O) groups is 3. The molecule has 2 heterocycles. The van der Waals surface area contributed by atoms with E-state index in [0.29, 0.717) is 21.4 Å². The molecule has 38 heavy (non-hydrogen) atoms. The van der Waals surface area contributed by atoms with Crippen molar-refractivity contribution in [1.82, 2.24) is 10.0 Å². The summed E-state index contributed by atoms with van der Waals surface area (Å²) >= 11 is 0. The maximum atomic E-state index is 13.6. The molecule has 1 fully saturated rings. The Labute approximate surface area is 210 Å².